The minimum Gasteiger partial charge on any atom is -0.506 e. The molecule has 6 aromatic rings. The van der Waals surface area contributed by atoms with Gasteiger partial charge in [-0.15, -0.1) is 0 Å². The van der Waals surface area contributed by atoms with Gasteiger partial charge in [0.05, 0.1) is 35.0 Å². The van der Waals surface area contributed by atoms with Gasteiger partial charge in [-0.2, -0.15) is 5.10 Å². The molecular weight excluding hydrogens is 390 g/mol. The summed E-state index contributed by atoms with van der Waals surface area (Å²) in [6, 6.07) is 11.5. The maximum Gasteiger partial charge on any atom is 0.181 e. The van der Waals surface area contributed by atoms with E-state index in [1.807, 2.05) is 30.5 Å². The van der Waals surface area contributed by atoms with Crippen LogP contribution in [0.25, 0.3) is 55.7 Å². The molecule has 0 saturated heterocycles. The molecule has 0 amide bonds. The maximum atomic E-state index is 9.76. The highest BCUT2D eigenvalue weighted by Crippen LogP contribution is 2.33. The molecule has 0 aliphatic heterocycles. The lowest BCUT2D eigenvalue weighted by Crippen LogP contribution is -1.84. The average molecular weight is 405 g/mol. The summed E-state index contributed by atoms with van der Waals surface area (Å²) >= 11 is 0. The van der Waals surface area contributed by atoms with Gasteiger partial charge >= 0.3 is 0 Å². The summed E-state index contributed by atoms with van der Waals surface area (Å²) in [5, 5.41) is 19.1. The van der Waals surface area contributed by atoms with E-state index in [0.717, 1.165) is 50.1 Å². The van der Waals surface area contributed by atoms with E-state index in [0.29, 0.717) is 5.65 Å². The second-order valence-corrected chi connectivity index (χ2v) is 7.17. The zero-order valence-corrected chi connectivity index (χ0v) is 16.1. The van der Waals surface area contributed by atoms with Gasteiger partial charge in [0.1, 0.15) is 5.75 Å². The molecule has 8 nitrogen and oxygen atoms in total. The first-order chi connectivity index (χ1) is 15.3. The Bertz CT molecular complexity index is 1550. The van der Waals surface area contributed by atoms with Crippen LogP contribution in [0.5, 0.6) is 5.75 Å². The van der Waals surface area contributed by atoms with Crippen molar-refractivity contribution in [1.82, 2.24) is 35.1 Å². The standard InChI is InChI=1S/C23H15N7O/c31-15-5-13(8-24-10-15)14-6-17-22(29-30-23(17)27-9-14)20-7-16-18(11-25-12-21(16)28-20)19-3-1-2-4-26-19/h1-12,28,31H,(H,27,29,30). The van der Waals surface area contributed by atoms with Crippen LogP contribution < -0.4 is 0 Å². The normalized spacial score (nSPS) is 11.4. The third kappa shape index (κ3) is 2.89. The van der Waals surface area contributed by atoms with E-state index < -0.39 is 0 Å². The SMILES string of the molecule is Oc1cncc(-c2cnc3n[nH]c(-c4cc5c(-c6ccccn6)cncc5[nH]4)c3c2)c1. The van der Waals surface area contributed by atoms with Gasteiger partial charge < -0.3 is 10.1 Å². The highest BCUT2D eigenvalue weighted by molar-refractivity contribution is 6.00. The molecular formula is C23H15N7O. The molecule has 0 atom stereocenters. The van der Waals surface area contributed by atoms with Crippen LogP contribution in [0.2, 0.25) is 0 Å². The fraction of sp³-hybridized carbons (Fsp3) is 0. The van der Waals surface area contributed by atoms with Crippen LogP contribution in [0.15, 0.2) is 73.6 Å². The van der Waals surface area contributed by atoms with E-state index in [1.165, 1.54) is 6.20 Å². The first kappa shape index (κ1) is 17.3. The van der Waals surface area contributed by atoms with Crippen molar-refractivity contribution in [3.05, 3.63) is 73.6 Å². The van der Waals surface area contributed by atoms with Crippen molar-refractivity contribution in [2.75, 3.05) is 0 Å². The largest absolute Gasteiger partial charge is 0.506 e. The Morgan fingerprint density at radius 1 is 0.806 bits per heavy atom. The van der Waals surface area contributed by atoms with Gasteiger partial charge in [-0.25, -0.2) is 4.98 Å². The Labute approximate surface area is 175 Å². The predicted octanol–water partition coefficient (Wildman–Crippen LogP) is 4.33. The van der Waals surface area contributed by atoms with Gasteiger partial charge in [-0.3, -0.25) is 20.1 Å². The highest BCUT2D eigenvalue weighted by atomic mass is 16.3. The summed E-state index contributed by atoms with van der Waals surface area (Å²) in [4.78, 5) is 20.8. The smallest absolute Gasteiger partial charge is 0.181 e. The quantitative estimate of drug-likeness (QED) is 0.403. The minimum atomic E-state index is 0.107. The van der Waals surface area contributed by atoms with E-state index in [9.17, 15) is 5.11 Å². The van der Waals surface area contributed by atoms with E-state index in [-0.39, 0.29) is 5.75 Å². The number of nitrogens with one attached hydrogen (secondary N) is 2. The monoisotopic (exact) mass is 405 g/mol. The molecule has 0 aliphatic carbocycles. The number of hydrogen-bond acceptors (Lipinski definition) is 6. The van der Waals surface area contributed by atoms with Crippen LogP contribution in [0, 0.1) is 0 Å². The Morgan fingerprint density at radius 3 is 2.58 bits per heavy atom. The number of pyridine rings is 4. The molecule has 0 aromatic carbocycles. The van der Waals surface area contributed by atoms with Crippen LogP contribution in [0.3, 0.4) is 0 Å². The molecule has 0 fully saturated rings. The maximum absolute atomic E-state index is 9.76. The second kappa shape index (κ2) is 6.74. The summed E-state index contributed by atoms with van der Waals surface area (Å²) in [6.45, 7) is 0. The van der Waals surface area contributed by atoms with Crippen molar-refractivity contribution >= 4 is 21.9 Å². The van der Waals surface area contributed by atoms with Crippen LogP contribution in [-0.4, -0.2) is 40.2 Å². The molecule has 0 saturated carbocycles. The van der Waals surface area contributed by atoms with Gasteiger partial charge in [-0.05, 0) is 30.3 Å². The predicted molar refractivity (Wildman–Crippen MR) is 117 cm³/mol. The number of fused-ring (bicyclic) bond motifs is 2. The molecule has 0 unspecified atom stereocenters. The van der Waals surface area contributed by atoms with E-state index in [4.69, 9.17) is 0 Å². The lowest BCUT2D eigenvalue weighted by molar-refractivity contribution is 0.473. The van der Waals surface area contributed by atoms with Crippen LogP contribution in [-0.2, 0) is 0 Å². The van der Waals surface area contributed by atoms with Gasteiger partial charge in [-0.1, -0.05) is 6.07 Å². The topological polar surface area (TPSA) is 116 Å². The van der Waals surface area contributed by atoms with Crippen molar-refractivity contribution in [2.45, 2.75) is 0 Å². The Hall–Kier alpha value is -4.59. The first-order valence-corrected chi connectivity index (χ1v) is 9.63. The van der Waals surface area contributed by atoms with Crippen LogP contribution in [0.1, 0.15) is 0 Å². The highest BCUT2D eigenvalue weighted by Gasteiger charge is 2.15. The molecule has 8 heteroatoms. The fourth-order valence-corrected chi connectivity index (χ4v) is 3.76. The summed E-state index contributed by atoms with van der Waals surface area (Å²) in [7, 11) is 0. The summed E-state index contributed by atoms with van der Waals surface area (Å²) < 4.78 is 0. The van der Waals surface area contributed by atoms with Crippen molar-refractivity contribution in [2.24, 2.45) is 0 Å². The van der Waals surface area contributed by atoms with Crippen molar-refractivity contribution in [1.29, 1.82) is 0 Å². The molecule has 3 N–H and O–H groups in total. The van der Waals surface area contributed by atoms with Crippen molar-refractivity contribution in [3.63, 3.8) is 0 Å². The molecule has 0 bridgehead atoms. The molecule has 0 spiro atoms. The summed E-state index contributed by atoms with van der Waals surface area (Å²) in [5.41, 5.74) is 6.63. The lowest BCUT2D eigenvalue weighted by atomic mass is 10.1. The summed E-state index contributed by atoms with van der Waals surface area (Å²) in [6.07, 6.45) is 10.2. The van der Waals surface area contributed by atoms with E-state index in [2.05, 4.69) is 41.2 Å². The second-order valence-electron chi connectivity index (χ2n) is 7.17. The number of hydrogen-bond donors (Lipinski definition) is 3. The van der Waals surface area contributed by atoms with Crippen LogP contribution in [0.4, 0.5) is 0 Å². The average Bonchev–Trinajstić information content (AvgIpc) is 3.43. The number of aromatic hydroxyl groups is 1. The van der Waals surface area contributed by atoms with Crippen LogP contribution >= 0.6 is 0 Å². The molecule has 6 heterocycles. The number of nitrogens with zero attached hydrogens (tertiary/aromatic N) is 5. The summed E-state index contributed by atoms with van der Waals surface area (Å²) in [5.74, 6) is 0.107. The molecule has 31 heavy (non-hydrogen) atoms. The van der Waals surface area contributed by atoms with E-state index in [1.54, 1.807) is 30.9 Å². The molecule has 148 valence electrons. The van der Waals surface area contributed by atoms with Gasteiger partial charge in [0.25, 0.3) is 0 Å². The number of aromatic amines is 2. The Morgan fingerprint density at radius 2 is 1.71 bits per heavy atom. The van der Waals surface area contributed by atoms with Gasteiger partial charge in [0.15, 0.2) is 5.65 Å². The Kier molecular flexibility index (Phi) is 3.76. The first-order valence-electron chi connectivity index (χ1n) is 9.63. The van der Waals surface area contributed by atoms with E-state index >= 15 is 0 Å². The zero-order chi connectivity index (χ0) is 20.8. The van der Waals surface area contributed by atoms with Gasteiger partial charge in [0.2, 0.25) is 0 Å². The van der Waals surface area contributed by atoms with Gasteiger partial charge in [0, 0.05) is 52.3 Å². The van der Waals surface area contributed by atoms with Crippen molar-refractivity contribution in [3.8, 4) is 39.5 Å². The fourth-order valence-electron chi connectivity index (χ4n) is 3.76. The molecule has 6 rings (SSSR count). The molecule has 0 aliphatic rings. The third-order valence-corrected chi connectivity index (χ3v) is 5.22. The number of rotatable bonds is 3. The van der Waals surface area contributed by atoms with Crippen molar-refractivity contribution < 1.29 is 5.11 Å². The molecule has 0 radical (unpaired) electrons. The number of aromatic nitrogens is 7. The lowest BCUT2D eigenvalue weighted by Gasteiger charge is -2.02. The zero-order valence-electron chi connectivity index (χ0n) is 16.1. The minimum absolute atomic E-state index is 0.107. The number of H-pyrrole nitrogens is 2. The molecule has 6 aromatic heterocycles. The Balaban J connectivity index is 1.51. The third-order valence-electron chi connectivity index (χ3n) is 5.22.